The Morgan fingerprint density at radius 2 is 1.00 bits per heavy atom. The average molecular weight is 694 g/mol. The second-order valence-corrected chi connectivity index (χ2v) is 14.1. The fraction of sp³-hybridized carbons (Fsp3) is 0.429. The van der Waals surface area contributed by atoms with Gasteiger partial charge in [-0.25, -0.2) is 9.59 Å². The highest BCUT2D eigenvalue weighted by atomic mass is 32.2. The van der Waals surface area contributed by atoms with Crippen LogP contribution >= 0.6 is 23.5 Å². The number of carbonyl (C=O) groups excluding carboxylic acids is 6. The molecule has 0 aromatic heterocycles. The fourth-order valence-corrected chi connectivity index (χ4v) is 8.30. The molecule has 4 amide bonds. The Morgan fingerprint density at radius 1 is 0.604 bits per heavy atom. The van der Waals surface area contributed by atoms with Crippen molar-refractivity contribution in [3.8, 4) is 0 Å². The molecule has 0 aliphatic carbocycles. The van der Waals surface area contributed by atoms with Gasteiger partial charge in [0.1, 0.15) is 0 Å². The first-order valence-electron chi connectivity index (χ1n) is 16.3. The summed E-state index contributed by atoms with van der Waals surface area (Å²) in [7, 11) is 2.08. The molecule has 0 spiro atoms. The highest BCUT2D eigenvalue weighted by Gasteiger charge is 2.33. The Morgan fingerprint density at radius 3 is 1.42 bits per heavy atom. The minimum Gasteiger partial charge on any atom is -0.344 e. The van der Waals surface area contributed by atoms with E-state index in [1.807, 2.05) is 12.1 Å². The molecule has 2 fully saturated rings. The molecular weight excluding hydrogens is 655 g/mol. The van der Waals surface area contributed by atoms with Crippen molar-refractivity contribution in [3.63, 3.8) is 0 Å². The van der Waals surface area contributed by atoms with E-state index in [0.717, 1.165) is 59.7 Å². The van der Waals surface area contributed by atoms with Crippen LogP contribution in [-0.4, -0.2) is 64.2 Å². The van der Waals surface area contributed by atoms with Gasteiger partial charge < -0.3 is 14.6 Å². The van der Waals surface area contributed by atoms with Crippen molar-refractivity contribution in [2.45, 2.75) is 77.0 Å². The van der Waals surface area contributed by atoms with Crippen LogP contribution < -0.4 is 4.90 Å². The summed E-state index contributed by atoms with van der Waals surface area (Å²) < 4.78 is 1.21. The standard InChI is InChI=1S/C35H39N3O8S2/c1-36-26-14-8-6-12-24(26)34(25-13-7-9-15-27(25)36)35(47-22-10-2-4-16-32(43)45-37-28(39)18-19-29(37)40)48-23-11-3-5-17-33(44)46-38-30(41)20-21-31(38)42/h6-9,12-15H,2-5,10-11,16-23H2,1H3. The van der Waals surface area contributed by atoms with Crippen molar-refractivity contribution in [1.29, 1.82) is 0 Å². The lowest BCUT2D eigenvalue weighted by molar-refractivity contribution is -0.197. The van der Waals surface area contributed by atoms with E-state index in [1.165, 1.54) is 9.81 Å². The molecule has 3 aliphatic rings. The van der Waals surface area contributed by atoms with Crippen LogP contribution in [0.4, 0.5) is 11.4 Å². The Bertz CT molecular complexity index is 1460. The van der Waals surface area contributed by atoms with Crippen LogP contribution in [0.1, 0.15) is 88.2 Å². The molecular formula is C35H39N3O8S2. The summed E-state index contributed by atoms with van der Waals surface area (Å²) in [6.07, 6.45) is 5.06. The number of unbranched alkanes of at least 4 members (excludes halogenated alkanes) is 4. The monoisotopic (exact) mass is 693 g/mol. The van der Waals surface area contributed by atoms with Crippen molar-refractivity contribution in [2.75, 3.05) is 23.5 Å². The Labute approximate surface area is 288 Å². The maximum absolute atomic E-state index is 12.2. The average Bonchev–Trinajstić information content (AvgIpc) is 3.57. The van der Waals surface area contributed by atoms with Gasteiger partial charge in [-0.2, -0.15) is 0 Å². The van der Waals surface area contributed by atoms with Gasteiger partial charge in [0.05, 0.1) is 0 Å². The van der Waals surface area contributed by atoms with Gasteiger partial charge in [-0.1, -0.05) is 49.2 Å². The lowest BCUT2D eigenvalue weighted by atomic mass is 9.92. The lowest BCUT2D eigenvalue weighted by Crippen LogP contribution is -2.31. The molecule has 0 radical (unpaired) electrons. The van der Waals surface area contributed by atoms with Crippen LogP contribution in [0.15, 0.2) is 52.8 Å². The second-order valence-electron chi connectivity index (χ2n) is 11.7. The minimum absolute atomic E-state index is 0.0737. The Kier molecular flexibility index (Phi) is 12.3. The van der Waals surface area contributed by atoms with E-state index in [-0.39, 0.29) is 38.5 Å². The first-order valence-corrected chi connectivity index (χ1v) is 18.3. The van der Waals surface area contributed by atoms with E-state index in [1.54, 1.807) is 23.5 Å². The molecule has 48 heavy (non-hydrogen) atoms. The van der Waals surface area contributed by atoms with Crippen LogP contribution in [0.3, 0.4) is 0 Å². The number of hydroxylamine groups is 4. The van der Waals surface area contributed by atoms with Gasteiger partial charge in [0.25, 0.3) is 23.6 Å². The third kappa shape index (κ3) is 8.67. The van der Waals surface area contributed by atoms with E-state index < -0.39 is 35.6 Å². The number of anilines is 2. The molecule has 2 aromatic carbocycles. The van der Waals surface area contributed by atoms with Gasteiger partial charge in [0, 0.05) is 77.9 Å². The van der Waals surface area contributed by atoms with Crippen molar-refractivity contribution in [3.05, 3.63) is 63.9 Å². The van der Waals surface area contributed by atoms with Gasteiger partial charge in [-0.3, -0.25) is 19.2 Å². The first kappa shape index (κ1) is 35.2. The van der Waals surface area contributed by atoms with E-state index in [9.17, 15) is 28.8 Å². The number of para-hydroxylation sites is 2. The third-order valence-electron chi connectivity index (χ3n) is 8.19. The topological polar surface area (TPSA) is 131 Å². The number of thioether (sulfide) groups is 2. The van der Waals surface area contributed by atoms with Gasteiger partial charge >= 0.3 is 11.9 Å². The number of hydrogen-bond acceptors (Lipinski definition) is 11. The zero-order valence-electron chi connectivity index (χ0n) is 26.9. The first-order chi connectivity index (χ1) is 23.2. The highest BCUT2D eigenvalue weighted by molar-refractivity contribution is 8.22. The van der Waals surface area contributed by atoms with E-state index in [0.29, 0.717) is 23.0 Å². The largest absolute Gasteiger partial charge is 0.344 e. The molecule has 5 rings (SSSR count). The summed E-state index contributed by atoms with van der Waals surface area (Å²) >= 11 is 3.59. The second kappa shape index (κ2) is 16.8. The van der Waals surface area contributed by atoms with Crippen molar-refractivity contribution in [2.24, 2.45) is 0 Å². The van der Waals surface area contributed by atoms with E-state index in [2.05, 4.69) is 48.3 Å². The number of imide groups is 2. The van der Waals surface area contributed by atoms with Crippen molar-refractivity contribution < 1.29 is 38.4 Å². The van der Waals surface area contributed by atoms with Crippen LogP contribution in [0.2, 0.25) is 0 Å². The Balaban J connectivity index is 1.17. The summed E-state index contributed by atoms with van der Waals surface area (Å²) in [5.74, 6) is -1.38. The normalized spacial score (nSPS) is 15.6. The number of amides is 4. The van der Waals surface area contributed by atoms with Gasteiger partial charge in [-0.15, -0.1) is 33.7 Å². The summed E-state index contributed by atoms with van der Waals surface area (Å²) in [6.45, 7) is 0. The van der Waals surface area contributed by atoms with E-state index >= 15 is 0 Å². The maximum Gasteiger partial charge on any atom is 0.333 e. The van der Waals surface area contributed by atoms with Crippen LogP contribution in [0, 0.1) is 0 Å². The molecule has 3 aliphatic heterocycles. The zero-order valence-corrected chi connectivity index (χ0v) is 28.6. The molecule has 0 N–H and O–H groups in total. The molecule has 2 saturated heterocycles. The van der Waals surface area contributed by atoms with Crippen LogP contribution in [0.25, 0.3) is 5.57 Å². The quantitative estimate of drug-likeness (QED) is 0.145. The Hall–Kier alpha value is -4.10. The van der Waals surface area contributed by atoms with Gasteiger partial charge in [-0.05, 0) is 49.3 Å². The molecule has 0 saturated carbocycles. The van der Waals surface area contributed by atoms with Crippen LogP contribution in [0.5, 0.6) is 0 Å². The molecule has 0 unspecified atom stereocenters. The highest BCUT2D eigenvalue weighted by Crippen LogP contribution is 2.49. The SMILES string of the molecule is CN1c2ccccc2C(=C(SCCCCCC(=O)ON2C(=O)CCC2=O)SCCCCCC(=O)ON2C(=O)CCC2=O)c2ccccc21. The zero-order chi connectivity index (χ0) is 34.0. The molecule has 13 heteroatoms. The fourth-order valence-electron chi connectivity index (χ4n) is 5.67. The number of benzene rings is 2. The molecule has 2 aromatic rings. The summed E-state index contributed by atoms with van der Waals surface area (Å²) in [5.41, 5.74) is 5.78. The number of fused-ring (bicyclic) bond motifs is 2. The number of nitrogens with zero attached hydrogens (tertiary/aromatic N) is 3. The molecule has 11 nitrogen and oxygen atoms in total. The summed E-state index contributed by atoms with van der Waals surface area (Å²) in [6, 6.07) is 16.8. The molecule has 0 bridgehead atoms. The summed E-state index contributed by atoms with van der Waals surface area (Å²) in [5, 5.41) is 1.19. The van der Waals surface area contributed by atoms with Gasteiger partial charge in [0.15, 0.2) is 0 Å². The number of carbonyl (C=O) groups is 6. The predicted molar refractivity (Wildman–Crippen MR) is 183 cm³/mol. The van der Waals surface area contributed by atoms with Crippen molar-refractivity contribution >= 4 is 76.0 Å². The number of hydrogen-bond donors (Lipinski definition) is 0. The smallest absolute Gasteiger partial charge is 0.333 e. The van der Waals surface area contributed by atoms with Crippen LogP contribution in [-0.2, 0) is 38.4 Å². The van der Waals surface area contributed by atoms with E-state index in [4.69, 9.17) is 9.68 Å². The summed E-state index contributed by atoms with van der Waals surface area (Å²) in [4.78, 5) is 83.4. The molecule has 254 valence electrons. The van der Waals surface area contributed by atoms with Crippen molar-refractivity contribution in [1.82, 2.24) is 10.1 Å². The minimum atomic E-state index is -0.574. The number of rotatable bonds is 16. The maximum atomic E-state index is 12.2. The molecule has 0 atom stereocenters. The van der Waals surface area contributed by atoms with Gasteiger partial charge in [0.2, 0.25) is 0 Å². The third-order valence-corrected chi connectivity index (χ3v) is 10.8. The predicted octanol–water partition coefficient (Wildman–Crippen LogP) is 6.29. The molecule has 3 heterocycles. The lowest BCUT2D eigenvalue weighted by Gasteiger charge is -2.33.